The lowest BCUT2D eigenvalue weighted by molar-refractivity contribution is 0.0691. The van der Waals surface area contributed by atoms with Gasteiger partial charge in [0.1, 0.15) is 0 Å². The first kappa shape index (κ1) is 17.4. The molecule has 0 saturated heterocycles. The van der Waals surface area contributed by atoms with E-state index in [0.29, 0.717) is 22.9 Å². The van der Waals surface area contributed by atoms with Crippen molar-refractivity contribution in [1.29, 1.82) is 0 Å². The number of anilines is 1. The van der Waals surface area contributed by atoms with Crippen molar-refractivity contribution >= 4 is 17.3 Å². The molecule has 0 aliphatic heterocycles. The van der Waals surface area contributed by atoms with Crippen LogP contribution in [-0.2, 0) is 0 Å². The molecule has 1 heterocycles. The van der Waals surface area contributed by atoms with Gasteiger partial charge in [0.2, 0.25) is 5.69 Å². The van der Waals surface area contributed by atoms with E-state index in [4.69, 9.17) is 11.7 Å². The minimum Gasteiger partial charge on any atom is -0.478 e. The highest BCUT2D eigenvalue weighted by Gasteiger charge is 2.15. The molecule has 0 aliphatic carbocycles. The second-order valence-electron chi connectivity index (χ2n) is 5.94. The molecule has 0 bridgehead atoms. The lowest BCUT2D eigenvalue weighted by Gasteiger charge is -2.23. The standard InChI is InChI=1S/C18H18FN3O2/c1-11(2)10-22(4)17-6-5-12(7-16(17)20-3)15-8-13(18(23)24)14(19)9-21-15/h5-9,11H,10H2,1-2,4H3,(H,23,24). The molecule has 0 unspecified atom stereocenters. The van der Waals surface area contributed by atoms with E-state index in [1.807, 2.05) is 11.9 Å². The second kappa shape index (κ2) is 7.09. The third kappa shape index (κ3) is 3.69. The Morgan fingerprint density at radius 3 is 2.71 bits per heavy atom. The summed E-state index contributed by atoms with van der Waals surface area (Å²) in [6, 6.07) is 6.38. The van der Waals surface area contributed by atoms with Crippen molar-refractivity contribution in [3.05, 3.63) is 53.3 Å². The van der Waals surface area contributed by atoms with Crippen molar-refractivity contribution in [2.75, 3.05) is 18.5 Å². The van der Waals surface area contributed by atoms with E-state index in [9.17, 15) is 9.18 Å². The van der Waals surface area contributed by atoms with Gasteiger partial charge >= 0.3 is 5.97 Å². The van der Waals surface area contributed by atoms with E-state index < -0.39 is 17.3 Å². The lowest BCUT2D eigenvalue weighted by Crippen LogP contribution is -2.22. The number of rotatable bonds is 5. The number of aromatic nitrogens is 1. The quantitative estimate of drug-likeness (QED) is 0.835. The lowest BCUT2D eigenvalue weighted by atomic mass is 10.1. The Kier molecular flexibility index (Phi) is 5.14. The summed E-state index contributed by atoms with van der Waals surface area (Å²) in [5, 5.41) is 9.02. The molecule has 6 heteroatoms. The van der Waals surface area contributed by atoms with Crippen molar-refractivity contribution in [3.8, 4) is 11.3 Å². The maximum atomic E-state index is 13.5. The predicted molar refractivity (Wildman–Crippen MR) is 91.0 cm³/mol. The van der Waals surface area contributed by atoms with E-state index in [-0.39, 0.29) is 0 Å². The van der Waals surface area contributed by atoms with Crippen LogP contribution in [0, 0.1) is 18.3 Å². The summed E-state index contributed by atoms with van der Waals surface area (Å²) in [5.41, 5.74) is 1.69. The highest BCUT2D eigenvalue weighted by Crippen LogP contribution is 2.33. The van der Waals surface area contributed by atoms with Gasteiger partial charge in [-0.3, -0.25) is 4.98 Å². The fourth-order valence-electron chi connectivity index (χ4n) is 2.50. The zero-order valence-corrected chi connectivity index (χ0v) is 13.7. The highest BCUT2D eigenvalue weighted by molar-refractivity contribution is 5.89. The Morgan fingerprint density at radius 2 is 2.12 bits per heavy atom. The van der Waals surface area contributed by atoms with Crippen LogP contribution >= 0.6 is 0 Å². The summed E-state index contributed by atoms with van der Waals surface area (Å²) in [6.45, 7) is 12.4. The van der Waals surface area contributed by atoms with Crippen LogP contribution in [0.15, 0.2) is 30.5 Å². The van der Waals surface area contributed by atoms with Crippen LogP contribution in [0.3, 0.4) is 0 Å². The maximum absolute atomic E-state index is 13.5. The first-order valence-corrected chi connectivity index (χ1v) is 7.45. The molecule has 124 valence electrons. The third-order valence-electron chi connectivity index (χ3n) is 3.53. The first-order chi connectivity index (χ1) is 11.3. The number of hydrogen-bond acceptors (Lipinski definition) is 3. The molecular weight excluding hydrogens is 309 g/mol. The summed E-state index contributed by atoms with van der Waals surface area (Å²) in [7, 11) is 1.92. The topological polar surface area (TPSA) is 57.8 Å². The Balaban J connectivity index is 2.45. The zero-order chi connectivity index (χ0) is 17.9. The van der Waals surface area contributed by atoms with Gasteiger partial charge in [-0.2, -0.15) is 0 Å². The number of benzene rings is 1. The summed E-state index contributed by atoms with van der Waals surface area (Å²) >= 11 is 0. The number of carbonyl (C=O) groups is 1. The van der Waals surface area contributed by atoms with Crippen LogP contribution in [0.5, 0.6) is 0 Å². The molecule has 0 amide bonds. The summed E-state index contributed by atoms with van der Waals surface area (Å²) in [5.74, 6) is -1.79. The molecule has 2 aromatic rings. The molecule has 0 atom stereocenters. The fourth-order valence-corrected chi connectivity index (χ4v) is 2.50. The second-order valence-corrected chi connectivity index (χ2v) is 5.94. The van der Waals surface area contributed by atoms with E-state index in [1.54, 1.807) is 18.2 Å². The highest BCUT2D eigenvalue weighted by atomic mass is 19.1. The van der Waals surface area contributed by atoms with Crippen LogP contribution in [-0.4, -0.2) is 29.7 Å². The van der Waals surface area contributed by atoms with Crippen LogP contribution in [0.2, 0.25) is 0 Å². The molecule has 0 spiro atoms. The fraction of sp³-hybridized carbons (Fsp3) is 0.278. The Hall–Kier alpha value is -2.94. The van der Waals surface area contributed by atoms with Crippen molar-refractivity contribution in [1.82, 2.24) is 4.98 Å². The van der Waals surface area contributed by atoms with Gasteiger partial charge in [-0.1, -0.05) is 19.9 Å². The van der Waals surface area contributed by atoms with Crippen molar-refractivity contribution in [2.45, 2.75) is 13.8 Å². The van der Waals surface area contributed by atoms with E-state index in [1.165, 1.54) is 6.07 Å². The number of nitrogens with zero attached hydrogens (tertiary/aromatic N) is 3. The number of pyridine rings is 1. The molecular formula is C18H18FN3O2. The number of aromatic carboxylic acids is 1. The average Bonchev–Trinajstić information content (AvgIpc) is 2.53. The van der Waals surface area contributed by atoms with Gasteiger partial charge in [0, 0.05) is 19.3 Å². The minimum absolute atomic E-state index is 0.316. The monoisotopic (exact) mass is 327 g/mol. The van der Waals surface area contributed by atoms with Crippen LogP contribution in [0.4, 0.5) is 15.8 Å². The third-order valence-corrected chi connectivity index (χ3v) is 3.53. The maximum Gasteiger partial charge on any atom is 0.338 e. The number of hydrogen-bond donors (Lipinski definition) is 1. The molecule has 0 fully saturated rings. The van der Waals surface area contributed by atoms with Crippen LogP contribution in [0.25, 0.3) is 16.1 Å². The molecule has 0 saturated carbocycles. The molecule has 24 heavy (non-hydrogen) atoms. The van der Waals surface area contributed by atoms with Crippen molar-refractivity contribution in [2.24, 2.45) is 5.92 Å². The van der Waals surface area contributed by atoms with Gasteiger partial charge in [-0.25, -0.2) is 14.0 Å². The molecule has 0 aliphatic rings. The largest absolute Gasteiger partial charge is 0.478 e. The number of carboxylic acid groups (broad SMARTS) is 1. The SMILES string of the molecule is [C-]#[N+]c1cc(-c2cc(C(=O)O)c(F)cn2)ccc1N(C)CC(C)C. The number of carboxylic acids is 1. The molecule has 1 aromatic carbocycles. The van der Waals surface area contributed by atoms with Gasteiger partial charge in [-0.05, 0) is 29.7 Å². The summed E-state index contributed by atoms with van der Waals surface area (Å²) < 4.78 is 13.5. The van der Waals surface area contributed by atoms with Gasteiger partial charge in [-0.15, -0.1) is 0 Å². The molecule has 2 rings (SSSR count). The molecule has 1 aromatic heterocycles. The Bertz CT molecular complexity index is 812. The van der Waals surface area contributed by atoms with E-state index in [2.05, 4.69) is 23.7 Å². The summed E-state index contributed by atoms with van der Waals surface area (Å²) in [6.07, 6.45) is 0.884. The number of halogens is 1. The summed E-state index contributed by atoms with van der Waals surface area (Å²) in [4.78, 5) is 20.5. The molecule has 0 radical (unpaired) electrons. The minimum atomic E-state index is -1.35. The van der Waals surface area contributed by atoms with Gasteiger partial charge in [0.15, 0.2) is 5.82 Å². The van der Waals surface area contributed by atoms with Gasteiger partial charge < -0.3 is 10.0 Å². The van der Waals surface area contributed by atoms with Gasteiger partial charge in [0.05, 0.1) is 24.0 Å². The average molecular weight is 327 g/mol. The first-order valence-electron chi connectivity index (χ1n) is 7.45. The zero-order valence-electron chi connectivity index (χ0n) is 13.7. The van der Waals surface area contributed by atoms with Crippen molar-refractivity contribution < 1.29 is 14.3 Å². The Labute approximate surface area is 140 Å². The van der Waals surface area contributed by atoms with E-state index in [0.717, 1.165) is 18.4 Å². The molecule has 1 N–H and O–H groups in total. The van der Waals surface area contributed by atoms with E-state index >= 15 is 0 Å². The molecule has 5 nitrogen and oxygen atoms in total. The smallest absolute Gasteiger partial charge is 0.338 e. The van der Waals surface area contributed by atoms with Crippen molar-refractivity contribution in [3.63, 3.8) is 0 Å². The van der Waals surface area contributed by atoms with Gasteiger partial charge in [0.25, 0.3) is 0 Å². The predicted octanol–water partition coefficient (Wildman–Crippen LogP) is 4.23. The Morgan fingerprint density at radius 1 is 1.42 bits per heavy atom. The van der Waals surface area contributed by atoms with Crippen LogP contribution in [0.1, 0.15) is 24.2 Å². The normalized spacial score (nSPS) is 10.5. The van der Waals surface area contributed by atoms with Crippen LogP contribution < -0.4 is 4.90 Å².